The summed E-state index contributed by atoms with van der Waals surface area (Å²) in [5, 5.41) is 3.83. The summed E-state index contributed by atoms with van der Waals surface area (Å²) in [4.78, 5) is 0. The van der Waals surface area contributed by atoms with Crippen LogP contribution in [0.15, 0.2) is 0 Å². The molecule has 18 heavy (non-hydrogen) atoms. The molecule has 0 amide bonds. The minimum atomic E-state index is 0.198. The fourth-order valence-corrected chi connectivity index (χ4v) is 4.75. The fraction of sp³-hybridized carbons (Fsp3) is 1.00. The molecule has 0 aromatic carbocycles. The molecule has 1 spiro atoms. The Hall–Kier alpha value is 0.230. The van der Waals surface area contributed by atoms with Crippen molar-refractivity contribution in [2.45, 2.75) is 62.8 Å². The third kappa shape index (κ3) is 2.87. The predicted molar refractivity (Wildman–Crippen MR) is 75.2 cm³/mol. The molecule has 3 saturated heterocycles. The van der Waals surface area contributed by atoms with Gasteiger partial charge in [-0.1, -0.05) is 0 Å². The monoisotopic (exact) mass is 271 g/mol. The highest BCUT2D eigenvalue weighted by Crippen LogP contribution is 2.37. The van der Waals surface area contributed by atoms with Crippen molar-refractivity contribution in [3.63, 3.8) is 0 Å². The molecule has 0 radical (unpaired) electrons. The SMILES string of the molecule is CC1OCCC1NC1CCOC2(CCSCC2)C1. The van der Waals surface area contributed by atoms with Crippen molar-refractivity contribution in [3.05, 3.63) is 0 Å². The predicted octanol–water partition coefficient (Wildman–Crippen LogP) is 2.20. The van der Waals surface area contributed by atoms with Crippen LogP contribution in [0, 0.1) is 0 Å². The quantitative estimate of drug-likeness (QED) is 0.834. The molecule has 3 nitrogen and oxygen atoms in total. The number of hydrogen-bond donors (Lipinski definition) is 1. The van der Waals surface area contributed by atoms with Crippen LogP contribution in [0.3, 0.4) is 0 Å². The maximum atomic E-state index is 6.14. The molecule has 3 fully saturated rings. The van der Waals surface area contributed by atoms with Crippen molar-refractivity contribution in [2.24, 2.45) is 0 Å². The lowest BCUT2D eigenvalue weighted by molar-refractivity contribution is -0.0947. The Labute approximate surface area is 114 Å². The van der Waals surface area contributed by atoms with Gasteiger partial charge in [0.25, 0.3) is 0 Å². The first-order valence-electron chi connectivity index (χ1n) is 7.37. The molecule has 0 aromatic heterocycles. The Morgan fingerprint density at radius 3 is 2.72 bits per heavy atom. The van der Waals surface area contributed by atoms with Gasteiger partial charge in [0, 0.05) is 25.3 Å². The van der Waals surface area contributed by atoms with Gasteiger partial charge in [0.1, 0.15) is 0 Å². The molecule has 1 N–H and O–H groups in total. The summed E-state index contributed by atoms with van der Waals surface area (Å²) < 4.78 is 11.8. The maximum absolute atomic E-state index is 6.14. The van der Waals surface area contributed by atoms with Crippen LogP contribution in [-0.2, 0) is 9.47 Å². The molecular weight excluding hydrogens is 246 g/mol. The summed E-state index contributed by atoms with van der Waals surface area (Å²) in [5.74, 6) is 2.55. The molecular formula is C14H25NO2S. The van der Waals surface area contributed by atoms with Crippen molar-refractivity contribution in [2.75, 3.05) is 24.7 Å². The van der Waals surface area contributed by atoms with Gasteiger partial charge in [-0.2, -0.15) is 11.8 Å². The van der Waals surface area contributed by atoms with Gasteiger partial charge in [-0.25, -0.2) is 0 Å². The highest BCUT2D eigenvalue weighted by atomic mass is 32.2. The van der Waals surface area contributed by atoms with Crippen LogP contribution in [0.2, 0.25) is 0 Å². The molecule has 3 unspecified atom stereocenters. The molecule has 3 atom stereocenters. The van der Waals surface area contributed by atoms with E-state index in [9.17, 15) is 0 Å². The molecule has 4 heteroatoms. The van der Waals surface area contributed by atoms with E-state index in [1.165, 1.54) is 37.2 Å². The molecule has 3 heterocycles. The molecule has 3 rings (SSSR count). The van der Waals surface area contributed by atoms with E-state index in [1.807, 2.05) is 0 Å². The van der Waals surface area contributed by atoms with Gasteiger partial charge in [-0.05, 0) is 50.5 Å². The second-order valence-electron chi connectivity index (χ2n) is 5.97. The van der Waals surface area contributed by atoms with E-state index in [1.54, 1.807) is 0 Å². The maximum Gasteiger partial charge on any atom is 0.0713 e. The topological polar surface area (TPSA) is 30.5 Å². The van der Waals surface area contributed by atoms with Crippen molar-refractivity contribution in [1.82, 2.24) is 5.32 Å². The van der Waals surface area contributed by atoms with E-state index in [0.29, 0.717) is 18.2 Å². The van der Waals surface area contributed by atoms with Gasteiger partial charge in [-0.15, -0.1) is 0 Å². The number of ether oxygens (including phenoxy) is 2. The minimum Gasteiger partial charge on any atom is -0.377 e. The molecule has 104 valence electrons. The second-order valence-corrected chi connectivity index (χ2v) is 7.20. The Morgan fingerprint density at radius 1 is 1.17 bits per heavy atom. The van der Waals surface area contributed by atoms with Crippen molar-refractivity contribution < 1.29 is 9.47 Å². The minimum absolute atomic E-state index is 0.198. The van der Waals surface area contributed by atoms with Gasteiger partial charge in [-0.3, -0.25) is 0 Å². The standard InChI is InChI=1S/C14H25NO2S/c1-11-13(3-6-16-11)15-12-2-7-17-14(10-12)4-8-18-9-5-14/h11-13,15H,2-10H2,1H3. The third-order valence-electron chi connectivity index (χ3n) is 4.72. The van der Waals surface area contributed by atoms with Crippen LogP contribution >= 0.6 is 11.8 Å². The first-order valence-corrected chi connectivity index (χ1v) is 8.52. The van der Waals surface area contributed by atoms with Gasteiger partial charge in [0.05, 0.1) is 11.7 Å². The van der Waals surface area contributed by atoms with Crippen LogP contribution in [0.5, 0.6) is 0 Å². The fourth-order valence-electron chi connectivity index (χ4n) is 3.52. The summed E-state index contributed by atoms with van der Waals surface area (Å²) in [6.07, 6.45) is 6.40. The number of nitrogens with one attached hydrogen (secondary N) is 1. The lowest BCUT2D eigenvalue weighted by Gasteiger charge is -2.44. The lowest BCUT2D eigenvalue weighted by atomic mass is 9.85. The summed E-state index contributed by atoms with van der Waals surface area (Å²) in [5.41, 5.74) is 0.198. The lowest BCUT2D eigenvalue weighted by Crippen LogP contribution is -2.52. The average molecular weight is 271 g/mol. The highest BCUT2D eigenvalue weighted by molar-refractivity contribution is 7.99. The molecule has 0 saturated carbocycles. The molecule has 3 aliphatic heterocycles. The van der Waals surface area contributed by atoms with Gasteiger partial charge in [0.15, 0.2) is 0 Å². The Balaban J connectivity index is 1.56. The normalized spacial score (nSPS) is 40.2. The van der Waals surface area contributed by atoms with Gasteiger partial charge >= 0.3 is 0 Å². The largest absolute Gasteiger partial charge is 0.377 e. The summed E-state index contributed by atoms with van der Waals surface area (Å²) in [7, 11) is 0. The van der Waals surface area contributed by atoms with Crippen LogP contribution in [0.1, 0.15) is 39.0 Å². The van der Waals surface area contributed by atoms with E-state index in [-0.39, 0.29) is 5.60 Å². The van der Waals surface area contributed by atoms with Crippen LogP contribution in [0.25, 0.3) is 0 Å². The highest BCUT2D eigenvalue weighted by Gasteiger charge is 2.39. The van der Waals surface area contributed by atoms with Crippen LogP contribution in [-0.4, -0.2) is 48.5 Å². The van der Waals surface area contributed by atoms with Crippen LogP contribution < -0.4 is 5.32 Å². The Kier molecular flexibility index (Phi) is 4.18. The zero-order valence-electron chi connectivity index (χ0n) is 11.3. The van der Waals surface area contributed by atoms with E-state index in [4.69, 9.17) is 9.47 Å². The third-order valence-corrected chi connectivity index (χ3v) is 5.71. The molecule has 0 aliphatic carbocycles. The van der Waals surface area contributed by atoms with E-state index < -0.39 is 0 Å². The van der Waals surface area contributed by atoms with Crippen molar-refractivity contribution in [3.8, 4) is 0 Å². The van der Waals surface area contributed by atoms with E-state index in [2.05, 4.69) is 24.0 Å². The van der Waals surface area contributed by atoms with E-state index in [0.717, 1.165) is 19.6 Å². The Bertz CT molecular complexity index is 275. The van der Waals surface area contributed by atoms with Crippen molar-refractivity contribution >= 4 is 11.8 Å². The summed E-state index contributed by atoms with van der Waals surface area (Å²) in [6, 6.07) is 1.19. The van der Waals surface area contributed by atoms with Crippen molar-refractivity contribution in [1.29, 1.82) is 0 Å². The summed E-state index contributed by atoms with van der Waals surface area (Å²) in [6.45, 7) is 4.05. The van der Waals surface area contributed by atoms with E-state index >= 15 is 0 Å². The molecule has 0 bridgehead atoms. The smallest absolute Gasteiger partial charge is 0.0713 e. The average Bonchev–Trinajstić information content (AvgIpc) is 2.76. The number of hydrogen-bond acceptors (Lipinski definition) is 4. The zero-order chi connectivity index (χ0) is 12.4. The first kappa shape index (κ1) is 13.2. The van der Waals surface area contributed by atoms with Gasteiger partial charge in [0.2, 0.25) is 0 Å². The van der Waals surface area contributed by atoms with Crippen LogP contribution in [0.4, 0.5) is 0 Å². The Morgan fingerprint density at radius 2 is 2.00 bits per heavy atom. The second kappa shape index (κ2) is 5.70. The first-order chi connectivity index (χ1) is 8.77. The number of thioether (sulfide) groups is 1. The van der Waals surface area contributed by atoms with Gasteiger partial charge < -0.3 is 14.8 Å². The number of rotatable bonds is 2. The molecule has 0 aromatic rings. The molecule has 3 aliphatic rings. The summed E-state index contributed by atoms with van der Waals surface area (Å²) >= 11 is 2.08. The zero-order valence-corrected chi connectivity index (χ0v) is 12.1.